The molecule has 39 heavy (non-hydrogen) atoms. The summed E-state index contributed by atoms with van der Waals surface area (Å²) < 4.78 is 42.1. The van der Waals surface area contributed by atoms with Gasteiger partial charge in [0, 0.05) is 13.1 Å². The highest BCUT2D eigenvalue weighted by Crippen LogP contribution is 2.24. The van der Waals surface area contributed by atoms with E-state index in [1.807, 2.05) is 51.1 Å². The smallest absolute Gasteiger partial charge is 0.264 e. The van der Waals surface area contributed by atoms with Gasteiger partial charge in [-0.2, -0.15) is 0 Å². The molecule has 0 aliphatic rings. The molecule has 1 N–H and O–H groups in total. The van der Waals surface area contributed by atoms with Crippen molar-refractivity contribution in [2.24, 2.45) is 5.92 Å². The van der Waals surface area contributed by atoms with Crippen molar-refractivity contribution in [3.05, 3.63) is 96.3 Å². The Morgan fingerprint density at radius 2 is 1.49 bits per heavy atom. The fraction of sp³-hybridized carbons (Fsp3) is 0.333. The van der Waals surface area contributed by atoms with E-state index in [-0.39, 0.29) is 29.0 Å². The van der Waals surface area contributed by atoms with Gasteiger partial charge in [-0.15, -0.1) is 0 Å². The van der Waals surface area contributed by atoms with Crippen LogP contribution < -0.4 is 9.62 Å². The van der Waals surface area contributed by atoms with Gasteiger partial charge < -0.3 is 10.2 Å². The van der Waals surface area contributed by atoms with Crippen LogP contribution in [0.1, 0.15) is 32.8 Å². The lowest BCUT2D eigenvalue weighted by Crippen LogP contribution is -2.53. The molecule has 0 saturated heterocycles. The van der Waals surface area contributed by atoms with Crippen LogP contribution >= 0.6 is 0 Å². The molecule has 0 spiro atoms. The topological polar surface area (TPSA) is 86.8 Å². The predicted octanol–water partition coefficient (Wildman–Crippen LogP) is 4.64. The van der Waals surface area contributed by atoms with Crippen molar-refractivity contribution in [3.63, 3.8) is 0 Å². The molecule has 3 aromatic carbocycles. The Kier molecular flexibility index (Phi) is 10.6. The molecule has 208 valence electrons. The average Bonchev–Trinajstić information content (AvgIpc) is 2.94. The normalized spacial score (nSPS) is 12.1. The number of halogens is 1. The van der Waals surface area contributed by atoms with Gasteiger partial charge >= 0.3 is 0 Å². The molecular weight excluding hydrogens is 517 g/mol. The second-order valence-electron chi connectivity index (χ2n) is 9.69. The molecule has 0 bridgehead atoms. The molecule has 0 aliphatic heterocycles. The number of anilines is 1. The highest BCUT2D eigenvalue weighted by atomic mass is 32.2. The summed E-state index contributed by atoms with van der Waals surface area (Å²) in [6.45, 7) is 5.91. The molecule has 9 heteroatoms. The molecule has 0 saturated carbocycles. The van der Waals surface area contributed by atoms with Crippen LogP contribution in [0.25, 0.3) is 0 Å². The average molecular weight is 554 g/mol. The molecule has 0 heterocycles. The van der Waals surface area contributed by atoms with Crippen molar-refractivity contribution >= 4 is 27.5 Å². The third kappa shape index (κ3) is 8.13. The second-order valence-corrected chi connectivity index (χ2v) is 11.5. The van der Waals surface area contributed by atoms with Gasteiger partial charge in [0.15, 0.2) is 0 Å². The zero-order valence-corrected chi connectivity index (χ0v) is 23.4. The van der Waals surface area contributed by atoms with Crippen LogP contribution in [0.2, 0.25) is 0 Å². The minimum atomic E-state index is -4.17. The highest BCUT2D eigenvalue weighted by Gasteiger charge is 2.33. The summed E-state index contributed by atoms with van der Waals surface area (Å²) in [6, 6.07) is 21.5. The molecule has 3 aromatic rings. The Morgan fingerprint density at radius 3 is 2.05 bits per heavy atom. The monoisotopic (exact) mass is 553 g/mol. The van der Waals surface area contributed by atoms with Crippen molar-refractivity contribution in [1.29, 1.82) is 0 Å². The van der Waals surface area contributed by atoms with Crippen LogP contribution in [0.15, 0.2) is 89.8 Å². The van der Waals surface area contributed by atoms with E-state index in [9.17, 15) is 22.4 Å². The summed E-state index contributed by atoms with van der Waals surface area (Å²) in [5.74, 6) is -1.11. The van der Waals surface area contributed by atoms with E-state index in [0.29, 0.717) is 19.4 Å². The van der Waals surface area contributed by atoms with Crippen LogP contribution in [0, 0.1) is 11.7 Å². The van der Waals surface area contributed by atoms with Gasteiger partial charge in [0.1, 0.15) is 18.4 Å². The van der Waals surface area contributed by atoms with Crippen molar-refractivity contribution in [1.82, 2.24) is 10.2 Å². The summed E-state index contributed by atoms with van der Waals surface area (Å²) in [5, 5.41) is 2.91. The molecule has 0 radical (unpaired) electrons. The zero-order chi connectivity index (χ0) is 28.4. The number of hydrogen-bond donors (Lipinski definition) is 1. The van der Waals surface area contributed by atoms with E-state index in [0.717, 1.165) is 22.0 Å². The molecule has 1 atom stereocenters. The van der Waals surface area contributed by atoms with E-state index in [2.05, 4.69) is 5.32 Å². The van der Waals surface area contributed by atoms with Crippen molar-refractivity contribution in [2.75, 3.05) is 23.9 Å². The number of sulfonamides is 1. The number of nitrogens with one attached hydrogen (secondary N) is 1. The molecule has 3 rings (SSSR count). The van der Waals surface area contributed by atoms with Crippen LogP contribution in [-0.4, -0.2) is 50.8 Å². The van der Waals surface area contributed by atoms with Gasteiger partial charge in [0.05, 0.1) is 10.6 Å². The van der Waals surface area contributed by atoms with Crippen LogP contribution in [0.3, 0.4) is 0 Å². The van der Waals surface area contributed by atoms with E-state index in [1.54, 1.807) is 18.2 Å². The third-order valence-corrected chi connectivity index (χ3v) is 8.07. The predicted molar refractivity (Wildman–Crippen MR) is 151 cm³/mol. The molecular formula is C30H36FN3O4S. The van der Waals surface area contributed by atoms with Crippen LogP contribution in [-0.2, 0) is 26.0 Å². The SMILES string of the molecule is CC[C@H](C(=O)NCC(C)C)N(CCc1ccccc1)C(=O)CN(c1ccc(F)cc1)S(=O)(=O)c1ccccc1. The lowest BCUT2D eigenvalue weighted by molar-refractivity contribution is -0.139. The first-order valence-corrected chi connectivity index (χ1v) is 14.5. The van der Waals surface area contributed by atoms with E-state index < -0.39 is 34.3 Å². The number of carbonyl (C=O) groups is 2. The van der Waals surface area contributed by atoms with Crippen LogP contribution in [0.4, 0.5) is 10.1 Å². The number of benzene rings is 3. The first kappa shape index (κ1) is 29.8. The molecule has 0 aliphatic carbocycles. The van der Waals surface area contributed by atoms with E-state index in [4.69, 9.17) is 0 Å². The summed E-state index contributed by atoms with van der Waals surface area (Å²) in [4.78, 5) is 28.5. The van der Waals surface area contributed by atoms with Crippen molar-refractivity contribution < 1.29 is 22.4 Å². The Morgan fingerprint density at radius 1 is 0.897 bits per heavy atom. The summed E-state index contributed by atoms with van der Waals surface area (Å²) >= 11 is 0. The Balaban J connectivity index is 1.97. The number of rotatable bonds is 13. The molecule has 2 amide bonds. The minimum absolute atomic E-state index is 0.000298. The fourth-order valence-corrected chi connectivity index (χ4v) is 5.61. The van der Waals surface area contributed by atoms with Gasteiger partial charge in [-0.25, -0.2) is 12.8 Å². The summed E-state index contributed by atoms with van der Waals surface area (Å²) in [7, 11) is -4.17. The number of hydrogen-bond acceptors (Lipinski definition) is 4. The van der Waals surface area contributed by atoms with Gasteiger partial charge in [0.25, 0.3) is 10.0 Å². The van der Waals surface area contributed by atoms with E-state index >= 15 is 0 Å². The highest BCUT2D eigenvalue weighted by molar-refractivity contribution is 7.92. The second kappa shape index (κ2) is 13.9. The Bertz CT molecular complexity index is 1320. The largest absolute Gasteiger partial charge is 0.354 e. The van der Waals surface area contributed by atoms with E-state index in [1.165, 1.54) is 29.2 Å². The Labute approximate surface area is 230 Å². The zero-order valence-electron chi connectivity index (χ0n) is 22.6. The Hall–Kier alpha value is -3.72. The maximum Gasteiger partial charge on any atom is 0.264 e. The molecule has 0 fully saturated rings. The molecule has 0 aromatic heterocycles. The fourth-order valence-electron chi connectivity index (χ4n) is 4.17. The lowest BCUT2D eigenvalue weighted by atomic mass is 10.1. The molecule has 0 unspecified atom stereocenters. The maximum atomic E-state index is 13.9. The molecule has 7 nitrogen and oxygen atoms in total. The van der Waals surface area contributed by atoms with Crippen LogP contribution in [0.5, 0.6) is 0 Å². The lowest BCUT2D eigenvalue weighted by Gasteiger charge is -2.33. The first-order valence-electron chi connectivity index (χ1n) is 13.1. The maximum absolute atomic E-state index is 13.9. The quantitative estimate of drug-likeness (QED) is 0.334. The summed E-state index contributed by atoms with van der Waals surface area (Å²) in [5.41, 5.74) is 1.13. The third-order valence-electron chi connectivity index (χ3n) is 6.28. The van der Waals surface area contributed by atoms with Gasteiger partial charge in [0.2, 0.25) is 11.8 Å². The number of nitrogens with zero attached hydrogens (tertiary/aromatic N) is 2. The number of amides is 2. The van der Waals surface area contributed by atoms with Gasteiger partial charge in [-0.05, 0) is 60.7 Å². The summed E-state index contributed by atoms with van der Waals surface area (Å²) in [6.07, 6.45) is 0.842. The first-order chi connectivity index (χ1) is 18.6. The van der Waals surface area contributed by atoms with Crippen molar-refractivity contribution in [3.8, 4) is 0 Å². The number of carbonyl (C=O) groups excluding carboxylic acids is 2. The van der Waals surface area contributed by atoms with Crippen molar-refractivity contribution in [2.45, 2.75) is 44.6 Å². The standard InChI is InChI=1S/C30H36FN3O4S/c1-4-28(30(36)32-21-23(2)3)33(20-19-24-11-7-5-8-12-24)29(35)22-34(26-17-15-25(31)16-18-26)39(37,38)27-13-9-6-10-14-27/h5-18,23,28H,4,19-22H2,1-3H3,(H,32,36)/t28-/m1/s1. The van der Waals surface area contributed by atoms with Gasteiger partial charge in [-0.1, -0.05) is 69.3 Å². The van der Waals surface area contributed by atoms with Gasteiger partial charge in [-0.3, -0.25) is 13.9 Å². The minimum Gasteiger partial charge on any atom is -0.354 e.